The van der Waals surface area contributed by atoms with Gasteiger partial charge in [-0.1, -0.05) is 30.4 Å². The summed E-state index contributed by atoms with van der Waals surface area (Å²) in [4.78, 5) is 17.4. The summed E-state index contributed by atoms with van der Waals surface area (Å²) < 4.78 is 1.37. The van der Waals surface area contributed by atoms with Crippen molar-refractivity contribution in [3.8, 4) is 0 Å². The Balaban J connectivity index is 1.38. The van der Waals surface area contributed by atoms with Crippen LogP contribution in [0.15, 0.2) is 68.0 Å². The van der Waals surface area contributed by atoms with Crippen LogP contribution >= 0.6 is 11.3 Å². The average Bonchev–Trinajstić information content (AvgIpc) is 3.16. The van der Waals surface area contributed by atoms with Crippen LogP contribution in [0.2, 0.25) is 0 Å². The van der Waals surface area contributed by atoms with Gasteiger partial charge in [0.1, 0.15) is 18.0 Å². The number of rotatable bonds is 8. The van der Waals surface area contributed by atoms with E-state index in [1.165, 1.54) is 15.0 Å². The topological polar surface area (TPSA) is 35.5 Å². The number of thiophene rings is 1. The first-order valence-electron chi connectivity index (χ1n) is 10.0. The molecule has 5 nitrogen and oxygen atoms in total. The molecule has 0 N–H and O–H groups in total. The molecule has 0 bridgehead atoms. The summed E-state index contributed by atoms with van der Waals surface area (Å²) in [5.41, 5.74) is 0. The zero-order chi connectivity index (χ0) is 20.1. The van der Waals surface area contributed by atoms with Gasteiger partial charge in [-0.2, -0.15) is 0 Å². The van der Waals surface area contributed by atoms with Crippen LogP contribution in [0, 0.1) is 0 Å². The number of hydrogen-bond acceptors (Lipinski definition) is 6. The molecule has 1 fully saturated rings. The smallest absolute Gasteiger partial charge is 0.134 e. The van der Waals surface area contributed by atoms with Crippen LogP contribution in [0.1, 0.15) is 4.88 Å². The molecule has 150 valence electrons. The molecule has 0 unspecified atom stereocenters. The van der Waals surface area contributed by atoms with Crippen LogP contribution in [-0.4, -0.2) is 54.1 Å². The molecule has 4 rings (SSSR count). The van der Waals surface area contributed by atoms with Crippen LogP contribution in [0.25, 0.3) is 10.1 Å². The molecule has 0 saturated carbocycles. The van der Waals surface area contributed by atoms with Gasteiger partial charge in [-0.3, -0.25) is 4.90 Å². The standard InChI is InChI=1S/C23H27N5S/c1-3-9-27(10-4-2)22-16-23(25-18-24-22)28-13-11-26(12-14-28)17-20-15-19-7-5-6-8-21(19)29-20/h3-8,15-16,18H,1-2,9-14,17H2. The lowest BCUT2D eigenvalue weighted by Gasteiger charge is -2.35. The molecule has 0 aliphatic carbocycles. The van der Waals surface area contributed by atoms with Crippen molar-refractivity contribution in [3.05, 3.63) is 72.9 Å². The first-order valence-corrected chi connectivity index (χ1v) is 10.8. The minimum atomic E-state index is 0.741. The Morgan fingerprint density at radius 3 is 2.48 bits per heavy atom. The van der Waals surface area contributed by atoms with Gasteiger partial charge in [0, 0.05) is 61.5 Å². The van der Waals surface area contributed by atoms with Crippen LogP contribution in [0.5, 0.6) is 0 Å². The second kappa shape index (κ2) is 9.20. The zero-order valence-corrected chi connectivity index (χ0v) is 17.5. The first-order chi connectivity index (χ1) is 14.3. The monoisotopic (exact) mass is 405 g/mol. The molecule has 3 aromatic rings. The summed E-state index contributed by atoms with van der Waals surface area (Å²) in [6, 6.07) is 13.0. The zero-order valence-electron chi connectivity index (χ0n) is 16.7. The Bertz CT molecular complexity index is 931. The fourth-order valence-electron chi connectivity index (χ4n) is 3.73. The number of benzene rings is 1. The molecule has 1 aromatic carbocycles. The summed E-state index contributed by atoms with van der Waals surface area (Å²) in [6.45, 7) is 14.2. The van der Waals surface area contributed by atoms with Crippen LogP contribution in [0.4, 0.5) is 11.6 Å². The van der Waals surface area contributed by atoms with Gasteiger partial charge in [0.2, 0.25) is 0 Å². The van der Waals surface area contributed by atoms with Gasteiger partial charge < -0.3 is 9.80 Å². The summed E-state index contributed by atoms with van der Waals surface area (Å²) in [5, 5.41) is 1.35. The van der Waals surface area contributed by atoms with Gasteiger partial charge in [0.25, 0.3) is 0 Å². The van der Waals surface area contributed by atoms with E-state index >= 15 is 0 Å². The van der Waals surface area contributed by atoms with E-state index in [9.17, 15) is 0 Å². The predicted octanol–water partition coefficient (Wildman–Crippen LogP) is 4.19. The van der Waals surface area contributed by atoms with E-state index in [2.05, 4.69) is 74.2 Å². The highest BCUT2D eigenvalue weighted by Crippen LogP contribution is 2.27. The maximum absolute atomic E-state index is 4.52. The third-order valence-electron chi connectivity index (χ3n) is 5.21. The van der Waals surface area contributed by atoms with E-state index in [1.807, 2.05) is 23.5 Å². The van der Waals surface area contributed by atoms with E-state index < -0.39 is 0 Å². The van der Waals surface area contributed by atoms with Crippen LogP contribution in [0.3, 0.4) is 0 Å². The molecule has 29 heavy (non-hydrogen) atoms. The van der Waals surface area contributed by atoms with Crippen molar-refractivity contribution in [2.24, 2.45) is 0 Å². The van der Waals surface area contributed by atoms with Crippen molar-refractivity contribution in [1.29, 1.82) is 0 Å². The maximum Gasteiger partial charge on any atom is 0.134 e. The molecule has 6 heteroatoms. The fraction of sp³-hybridized carbons (Fsp3) is 0.304. The minimum Gasteiger partial charge on any atom is -0.354 e. The van der Waals surface area contributed by atoms with Crippen LogP contribution in [-0.2, 0) is 6.54 Å². The van der Waals surface area contributed by atoms with Crippen LogP contribution < -0.4 is 9.80 Å². The van der Waals surface area contributed by atoms with Crippen molar-refractivity contribution in [2.45, 2.75) is 6.54 Å². The third kappa shape index (κ3) is 4.66. The van der Waals surface area contributed by atoms with E-state index in [0.717, 1.165) is 57.4 Å². The predicted molar refractivity (Wildman–Crippen MR) is 124 cm³/mol. The van der Waals surface area contributed by atoms with Crippen molar-refractivity contribution >= 4 is 33.1 Å². The molecule has 0 amide bonds. The molecule has 1 aliphatic rings. The van der Waals surface area contributed by atoms with Gasteiger partial charge in [-0.25, -0.2) is 9.97 Å². The van der Waals surface area contributed by atoms with Crippen molar-refractivity contribution < 1.29 is 0 Å². The molecule has 2 aromatic heterocycles. The Morgan fingerprint density at radius 2 is 1.76 bits per heavy atom. The highest BCUT2D eigenvalue weighted by molar-refractivity contribution is 7.19. The summed E-state index contributed by atoms with van der Waals surface area (Å²) >= 11 is 1.90. The Hall–Kier alpha value is -2.70. The SMILES string of the molecule is C=CCN(CC=C)c1cc(N2CCN(Cc3cc4ccccc4s3)CC2)ncn1. The lowest BCUT2D eigenvalue weighted by atomic mass is 10.2. The largest absolute Gasteiger partial charge is 0.354 e. The van der Waals surface area contributed by atoms with E-state index in [-0.39, 0.29) is 0 Å². The molecule has 0 spiro atoms. The third-order valence-corrected chi connectivity index (χ3v) is 6.31. The average molecular weight is 406 g/mol. The second-order valence-electron chi connectivity index (χ2n) is 7.23. The lowest BCUT2D eigenvalue weighted by Crippen LogP contribution is -2.46. The van der Waals surface area contributed by atoms with Gasteiger partial charge in [0.15, 0.2) is 0 Å². The van der Waals surface area contributed by atoms with E-state index in [0.29, 0.717) is 0 Å². The molecule has 1 aliphatic heterocycles. The van der Waals surface area contributed by atoms with Gasteiger partial charge in [-0.15, -0.1) is 24.5 Å². The van der Waals surface area contributed by atoms with Gasteiger partial charge in [0.05, 0.1) is 0 Å². The highest BCUT2D eigenvalue weighted by Gasteiger charge is 2.20. The highest BCUT2D eigenvalue weighted by atomic mass is 32.1. The molecule has 1 saturated heterocycles. The van der Waals surface area contributed by atoms with Crippen molar-refractivity contribution in [1.82, 2.24) is 14.9 Å². The van der Waals surface area contributed by atoms with E-state index in [1.54, 1.807) is 6.33 Å². The number of aromatic nitrogens is 2. The summed E-state index contributed by atoms with van der Waals surface area (Å²) in [5.74, 6) is 1.91. The van der Waals surface area contributed by atoms with Crippen molar-refractivity contribution in [2.75, 3.05) is 49.1 Å². The van der Waals surface area contributed by atoms with Gasteiger partial charge >= 0.3 is 0 Å². The molecular weight excluding hydrogens is 378 g/mol. The summed E-state index contributed by atoms with van der Waals surface area (Å²) in [7, 11) is 0. The Kier molecular flexibility index (Phi) is 6.22. The quantitative estimate of drug-likeness (QED) is 0.525. The molecule has 0 radical (unpaired) electrons. The molecule has 3 heterocycles. The Morgan fingerprint density at radius 1 is 1.00 bits per heavy atom. The lowest BCUT2D eigenvalue weighted by molar-refractivity contribution is 0.251. The Labute approximate surface area is 176 Å². The first kappa shape index (κ1) is 19.6. The van der Waals surface area contributed by atoms with Gasteiger partial charge in [-0.05, 0) is 17.5 Å². The number of fused-ring (bicyclic) bond motifs is 1. The number of anilines is 2. The maximum atomic E-state index is 4.52. The fourth-order valence-corrected chi connectivity index (χ4v) is 4.83. The second-order valence-corrected chi connectivity index (χ2v) is 8.40. The number of hydrogen-bond donors (Lipinski definition) is 0. The van der Waals surface area contributed by atoms with Crippen molar-refractivity contribution in [3.63, 3.8) is 0 Å². The number of piperazine rings is 1. The normalized spacial score (nSPS) is 14.8. The number of nitrogens with zero attached hydrogens (tertiary/aromatic N) is 5. The minimum absolute atomic E-state index is 0.741. The van der Waals surface area contributed by atoms with E-state index in [4.69, 9.17) is 0 Å². The molecular formula is C23H27N5S. The summed E-state index contributed by atoms with van der Waals surface area (Å²) in [6.07, 6.45) is 5.43. The molecule has 0 atom stereocenters.